The summed E-state index contributed by atoms with van der Waals surface area (Å²) < 4.78 is 3.12. The normalized spacial score (nSPS) is 13.0. The highest BCUT2D eigenvalue weighted by molar-refractivity contribution is 9.10. The number of halogens is 1. The predicted molar refractivity (Wildman–Crippen MR) is 72.9 cm³/mol. The first-order valence-electron chi connectivity index (χ1n) is 6.13. The van der Waals surface area contributed by atoms with Crippen LogP contribution in [-0.4, -0.2) is 28.0 Å². The summed E-state index contributed by atoms with van der Waals surface area (Å²) in [6.45, 7) is 9.12. The van der Waals surface area contributed by atoms with E-state index in [2.05, 4.69) is 40.2 Å². The highest BCUT2D eigenvalue weighted by Gasteiger charge is 2.11. The second-order valence-corrected chi connectivity index (χ2v) is 5.20. The van der Waals surface area contributed by atoms with Gasteiger partial charge in [0.05, 0.1) is 15.9 Å². The molecular formula is C12H22BrN3O. The zero-order chi connectivity index (χ0) is 12.8. The third kappa shape index (κ3) is 4.08. The minimum atomic E-state index is 0.262. The van der Waals surface area contributed by atoms with Crippen molar-refractivity contribution in [3.63, 3.8) is 0 Å². The maximum atomic E-state index is 8.83. The number of nitrogens with one attached hydrogen (secondary N) is 1. The highest BCUT2D eigenvalue weighted by atomic mass is 79.9. The van der Waals surface area contributed by atoms with Crippen LogP contribution in [-0.2, 0) is 13.1 Å². The van der Waals surface area contributed by atoms with Gasteiger partial charge < -0.3 is 10.4 Å². The topological polar surface area (TPSA) is 50.1 Å². The molecule has 0 bridgehead atoms. The number of aliphatic hydroxyl groups is 1. The van der Waals surface area contributed by atoms with E-state index in [1.54, 1.807) is 0 Å². The smallest absolute Gasteiger partial charge is 0.0739 e. The van der Waals surface area contributed by atoms with Gasteiger partial charge >= 0.3 is 0 Å². The fraction of sp³-hybridized carbons (Fsp3) is 0.750. The summed E-state index contributed by atoms with van der Waals surface area (Å²) in [5.74, 6) is 0.498. The van der Waals surface area contributed by atoms with Crippen molar-refractivity contribution in [1.82, 2.24) is 15.1 Å². The summed E-state index contributed by atoms with van der Waals surface area (Å²) in [4.78, 5) is 0. The molecule has 1 atom stereocenters. The Morgan fingerprint density at radius 3 is 2.82 bits per heavy atom. The van der Waals surface area contributed by atoms with Gasteiger partial charge in [-0.25, -0.2) is 0 Å². The molecule has 1 aromatic heterocycles. The molecule has 0 spiro atoms. The second kappa shape index (κ2) is 7.13. The van der Waals surface area contributed by atoms with Gasteiger partial charge in [0, 0.05) is 19.7 Å². The Morgan fingerprint density at radius 2 is 2.24 bits per heavy atom. The molecular weight excluding hydrogens is 282 g/mol. The molecule has 2 N–H and O–H groups in total. The van der Waals surface area contributed by atoms with E-state index < -0.39 is 0 Å². The molecule has 0 aliphatic rings. The van der Waals surface area contributed by atoms with Crippen LogP contribution in [0, 0.1) is 12.8 Å². The molecule has 1 rings (SSSR count). The first-order chi connectivity index (χ1) is 8.10. The molecule has 0 saturated heterocycles. The van der Waals surface area contributed by atoms with Crippen molar-refractivity contribution in [2.45, 2.75) is 40.3 Å². The van der Waals surface area contributed by atoms with Gasteiger partial charge in [-0.05, 0) is 48.7 Å². The van der Waals surface area contributed by atoms with Crippen molar-refractivity contribution in [1.29, 1.82) is 0 Å². The van der Waals surface area contributed by atoms with Gasteiger partial charge in [-0.3, -0.25) is 4.68 Å². The Balaban J connectivity index is 2.51. The third-order valence-electron chi connectivity index (χ3n) is 2.86. The summed E-state index contributed by atoms with van der Waals surface area (Å²) in [5, 5.41) is 16.7. The van der Waals surface area contributed by atoms with Crippen molar-refractivity contribution in [3.8, 4) is 0 Å². The van der Waals surface area contributed by atoms with Crippen LogP contribution in [0.3, 0.4) is 0 Å². The van der Waals surface area contributed by atoms with E-state index in [1.165, 1.54) is 5.69 Å². The fourth-order valence-corrected chi connectivity index (χ4v) is 2.22. The van der Waals surface area contributed by atoms with Crippen molar-refractivity contribution in [3.05, 3.63) is 15.9 Å². The molecule has 17 heavy (non-hydrogen) atoms. The molecule has 4 nitrogen and oxygen atoms in total. The average molecular weight is 304 g/mol. The number of nitrogens with zero attached hydrogens (tertiary/aromatic N) is 2. The Hall–Kier alpha value is -0.390. The lowest BCUT2D eigenvalue weighted by Gasteiger charge is -2.12. The maximum Gasteiger partial charge on any atom is 0.0739 e. The van der Waals surface area contributed by atoms with Crippen molar-refractivity contribution in [2.24, 2.45) is 5.92 Å². The molecule has 5 heteroatoms. The van der Waals surface area contributed by atoms with Gasteiger partial charge in [-0.15, -0.1) is 0 Å². The zero-order valence-corrected chi connectivity index (χ0v) is 12.4. The van der Waals surface area contributed by atoms with E-state index in [0.29, 0.717) is 5.92 Å². The molecule has 0 saturated carbocycles. The van der Waals surface area contributed by atoms with Gasteiger partial charge in [0.1, 0.15) is 0 Å². The zero-order valence-electron chi connectivity index (χ0n) is 10.8. The fourth-order valence-electron chi connectivity index (χ4n) is 1.80. The van der Waals surface area contributed by atoms with E-state index in [9.17, 15) is 0 Å². The molecule has 0 amide bonds. The van der Waals surface area contributed by atoms with Crippen LogP contribution in [0.4, 0.5) is 0 Å². The lowest BCUT2D eigenvalue weighted by Crippen LogP contribution is -2.23. The standard InChI is InChI=1S/C12H22BrN3O/c1-4-16-11(12(13)10(3)15-16)8-14-7-9(2)5-6-17/h9,14,17H,4-8H2,1-3H3. The van der Waals surface area contributed by atoms with Crippen molar-refractivity contribution < 1.29 is 5.11 Å². The predicted octanol–water partition coefficient (Wildman–Crippen LogP) is 2.08. The molecule has 0 aliphatic heterocycles. The van der Waals surface area contributed by atoms with Crippen molar-refractivity contribution in [2.75, 3.05) is 13.2 Å². The summed E-state index contributed by atoms with van der Waals surface area (Å²) in [6.07, 6.45) is 0.847. The summed E-state index contributed by atoms with van der Waals surface area (Å²) in [7, 11) is 0. The van der Waals surface area contributed by atoms with Crippen LogP contribution < -0.4 is 5.32 Å². The van der Waals surface area contributed by atoms with Gasteiger partial charge in [0.2, 0.25) is 0 Å². The first kappa shape index (κ1) is 14.7. The van der Waals surface area contributed by atoms with Gasteiger partial charge in [-0.2, -0.15) is 5.10 Å². The molecule has 0 radical (unpaired) electrons. The van der Waals surface area contributed by atoms with Crippen LogP contribution >= 0.6 is 15.9 Å². The number of hydrogen-bond acceptors (Lipinski definition) is 3. The van der Waals surface area contributed by atoms with Crippen LogP contribution in [0.1, 0.15) is 31.7 Å². The average Bonchev–Trinajstić information content (AvgIpc) is 2.57. The molecule has 1 heterocycles. The molecule has 0 aromatic carbocycles. The van der Waals surface area contributed by atoms with E-state index in [-0.39, 0.29) is 6.61 Å². The summed E-state index contributed by atoms with van der Waals surface area (Å²) in [5.41, 5.74) is 2.23. The molecule has 1 unspecified atom stereocenters. The summed E-state index contributed by atoms with van der Waals surface area (Å²) in [6, 6.07) is 0. The van der Waals surface area contributed by atoms with Gasteiger partial charge in [0.15, 0.2) is 0 Å². The molecule has 0 fully saturated rings. The number of aliphatic hydroxyl groups excluding tert-OH is 1. The van der Waals surface area contributed by atoms with Crippen LogP contribution in [0.15, 0.2) is 4.47 Å². The Bertz CT molecular complexity index is 352. The molecule has 1 aromatic rings. The van der Waals surface area contributed by atoms with Crippen LogP contribution in [0.25, 0.3) is 0 Å². The monoisotopic (exact) mass is 303 g/mol. The lowest BCUT2D eigenvalue weighted by molar-refractivity contribution is 0.260. The molecule has 0 aliphatic carbocycles. The highest BCUT2D eigenvalue weighted by Crippen LogP contribution is 2.20. The number of rotatable bonds is 7. The quantitative estimate of drug-likeness (QED) is 0.811. The van der Waals surface area contributed by atoms with Crippen LogP contribution in [0.2, 0.25) is 0 Å². The second-order valence-electron chi connectivity index (χ2n) is 4.41. The van der Waals surface area contributed by atoms with Gasteiger partial charge in [-0.1, -0.05) is 6.92 Å². The van der Waals surface area contributed by atoms with Crippen LogP contribution in [0.5, 0.6) is 0 Å². The number of aromatic nitrogens is 2. The minimum absolute atomic E-state index is 0.262. The van der Waals surface area contributed by atoms with E-state index >= 15 is 0 Å². The third-order valence-corrected chi connectivity index (χ3v) is 3.89. The SMILES string of the molecule is CCn1nc(C)c(Br)c1CNCC(C)CCO. The first-order valence-corrected chi connectivity index (χ1v) is 6.92. The number of aryl methyl sites for hydroxylation is 2. The minimum Gasteiger partial charge on any atom is -0.396 e. The van der Waals surface area contributed by atoms with E-state index in [1.807, 2.05) is 11.6 Å². The molecule has 98 valence electrons. The Kier molecular flexibility index (Phi) is 6.16. The Labute approximate surface area is 112 Å². The summed E-state index contributed by atoms with van der Waals surface area (Å²) >= 11 is 3.58. The van der Waals surface area contributed by atoms with Crippen molar-refractivity contribution >= 4 is 15.9 Å². The maximum absolute atomic E-state index is 8.83. The largest absolute Gasteiger partial charge is 0.396 e. The van der Waals surface area contributed by atoms with Gasteiger partial charge in [0.25, 0.3) is 0 Å². The van der Waals surface area contributed by atoms with E-state index in [0.717, 1.165) is 36.2 Å². The van der Waals surface area contributed by atoms with E-state index in [4.69, 9.17) is 5.11 Å². The lowest BCUT2D eigenvalue weighted by atomic mass is 10.1. The number of hydrogen-bond donors (Lipinski definition) is 2. The Morgan fingerprint density at radius 1 is 1.53 bits per heavy atom.